The van der Waals surface area contributed by atoms with Crippen molar-refractivity contribution in [3.63, 3.8) is 0 Å². The Balaban J connectivity index is 1.94. The van der Waals surface area contributed by atoms with Crippen molar-refractivity contribution in [2.24, 2.45) is 0 Å². The number of nitrogens with one attached hydrogen (secondary N) is 1. The molecule has 0 unspecified atom stereocenters. The van der Waals surface area contributed by atoms with Crippen LogP contribution in [-0.2, 0) is 11.3 Å². The Morgan fingerprint density at radius 2 is 1.77 bits per heavy atom. The maximum Gasteiger partial charge on any atom is 0.338 e. The number of nitro benzene ring substituents is 1. The molecule has 0 saturated heterocycles. The number of esters is 1. The highest BCUT2D eigenvalue weighted by Crippen LogP contribution is 2.15. The van der Waals surface area contributed by atoms with Crippen molar-refractivity contribution in [1.29, 1.82) is 0 Å². The van der Waals surface area contributed by atoms with Gasteiger partial charge in [-0.15, -0.1) is 0 Å². The number of non-ortho nitro benzene ring substituents is 1. The smallest absolute Gasteiger partial charge is 0.338 e. The highest BCUT2D eigenvalue weighted by Gasteiger charge is 2.06. The lowest BCUT2D eigenvalue weighted by Crippen LogP contribution is -2.05. The Kier molecular flexibility index (Phi) is 5.08. The monoisotopic (exact) mass is 300 g/mol. The third kappa shape index (κ3) is 4.05. The molecule has 0 heterocycles. The standard InChI is InChI=1S/C16H16N2O4/c1-2-22-16(19)13-5-7-14(8-6-13)17-11-12-3-9-15(10-4-12)18(20)21/h3-10,17H,2,11H2,1H3. The number of anilines is 1. The highest BCUT2D eigenvalue weighted by atomic mass is 16.6. The van der Waals surface area contributed by atoms with Crippen LogP contribution in [0.15, 0.2) is 48.5 Å². The van der Waals surface area contributed by atoms with Crippen LogP contribution < -0.4 is 5.32 Å². The van der Waals surface area contributed by atoms with Gasteiger partial charge in [-0.25, -0.2) is 4.79 Å². The van der Waals surface area contributed by atoms with Gasteiger partial charge in [0.05, 0.1) is 17.1 Å². The van der Waals surface area contributed by atoms with Gasteiger partial charge in [0, 0.05) is 24.4 Å². The molecular weight excluding hydrogens is 284 g/mol. The van der Waals surface area contributed by atoms with Crippen LogP contribution >= 0.6 is 0 Å². The summed E-state index contributed by atoms with van der Waals surface area (Å²) in [5.41, 5.74) is 2.36. The summed E-state index contributed by atoms with van der Waals surface area (Å²) >= 11 is 0. The maximum atomic E-state index is 11.5. The van der Waals surface area contributed by atoms with E-state index in [1.807, 2.05) is 0 Å². The highest BCUT2D eigenvalue weighted by molar-refractivity contribution is 5.89. The number of carbonyl (C=O) groups is 1. The van der Waals surface area contributed by atoms with Gasteiger partial charge in [0.2, 0.25) is 0 Å². The summed E-state index contributed by atoms with van der Waals surface area (Å²) in [5, 5.41) is 13.8. The predicted octanol–water partition coefficient (Wildman–Crippen LogP) is 3.38. The molecule has 0 atom stereocenters. The van der Waals surface area contributed by atoms with E-state index in [1.54, 1.807) is 43.3 Å². The molecule has 1 N–H and O–H groups in total. The van der Waals surface area contributed by atoms with E-state index in [0.717, 1.165) is 11.3 Å². The van der Waals surface area contributed by atoms with Crippen molar-refractivity contribution in [2.45, 2.75) is 13.5 Å². The number of ether oxygens (including phenoxy) is 1. The van der Waals surface area contributed by atoms with Crippen molar-refractivity contribution in [3.05, 3.63) is 69.8 Å². The Bertz CT molecular complexity index is 651. The third-order valence-electron chi connectivity index (χ3n) is 3.04. The number of hydrogen-bond acceptors (Lipinski definition) is 5. The summed E-state index contributed by atoms with van der Waals surface area (Å²) in [4.78, 5) is 21.7. The van der Waals surface area contributed by atoms with Crippen molar-refractivity contribution in [1.82, 2.24) is 0 Å². The van der Waals surface area contributed by atoms with Crippen LogP contribution in [0.2, 0.25) is 0 Å². The molecule has 6 nitrogen and oxygen atoms in total. The van der Waals surface area contributed by atoms with E-state index in [2.05, 4.69) is 5.32 Å². The number of benzene rings is 2. The fraction of sp³-hybridized carbons (Fsp3) is 0.188. The molecule has 0 aliphatic rings. The zero-order valence-electron chi connectivity index (χ0n) is 12.1. The summed E-state index contributed by atoms with van der Waals surface area (Å²) in [5.74, 6) is -0.343. The van der Waals surface area contributed by atoms with Crippen LogP contribution in [0.3, 0.4) is 0 Å². The second-order valence-corrected chi connectivity index (χ2v) is 4.57. The van der Waals surface area contributed by atoms with Crippen LogP contribution in [0.5, 0.6) is 0 Å². The van der Waals surface area contributed by atoms with Gasteiger partial charge in [-0.05, 0) is 36.8 Å². The van der Waals surface area contributed by atoms with Gasteiger partial charge in [-0.3, -0.25) is 10.1 Å². The van der Waals surface area contributed by atoms with Gasteiger partial charge in [-0.2, -0.15) is 0 Å². The van der Waals surface area contributed by atoms with Gasteiger partial charge in [-0.1, -0.05) is 12.1 Å². The average molecular weight is 300 g/mol. The molecule has 22 heavy (non-hydrogen) atoms. The van der Waals surface area contributed by atoms with Crippen molar-refractivity contribution < 1.29 is 14.5 Å². The van der Waals surface area contributed by atoms with Crippen LogP contribution in [0.25, 0.3) is 0 Å². The summed E-state index contributed by atoms with van der Waals surface area (Å²) in [7, 11) is 0. The van der Waals surface area contributed by atoms with E-state index in [0.29, 0.717) is 18.7 Å². The summed E-state index contributed by atoms with van der Waals surface area (Å²) in [6, 6.07) is 13.3. The first kappa shape index (κ1) is 15.5. The second-order valence-electron chi connectivity index (χ2n) is 4.57. The van der Waals surface area contributed by atoms with E-state index < -0.39 is 4.92 Å². The largest absolute Gasteiger partial charge is 0.462 e. The first-order valence-electron chi connectivity index (χ1n) is 6.84. The van der Waals surface area contributed by atoms with Gasteiger partial charge in [0.15, 0.2) is 0 Å². The van der Waals surface area contributed by atoms with Crippen LogP contribution in [0.4, 0.5) is 11.4 Å². The maximum absolute atomic E-state index is 11.5. The number of carbonyl (C=O) groups excluding carboxylic acids is 1. The number of nitro groups is 1. The Hall–Kier alpha value is -2.89. The minimum atomic E-state index is -0.425. The van der Waals surface area contributed by atoms with Gasteiger partial charge < -0.3 is 10.1 Å². The third-order valence-corrected chi connectivity index (χ3v) is 3.04. The summed E-state index contributed by atoms with van der Waals surface area (Å²) in [6.45, 7) is 2.65. The van der Waals surface area contributed by atoms with E-state index in [-0.39, 0.29) is 11.7 Å². The quantitative estimate of drug-likeness (QED) is 0.502. The fourth-order valence-corrected chi connectivity index (χ4v) is 1.88. The van der Waals surface area contributed by atoms with Crippen LogP contribution in [0, 0.1) is 10.1 Å². The molecule has 0 amide bonds. The molecule has 114 valence electrons. The molecule has 0 fully saturated rings. The molecule has 0 radical (unpaired) electrons. The molecule has 0 saturated carbocycles. The average Bonchev–Trinajstić information content (AvgIpc) is 2.54. The molecule has 0 aromatic heterocycles. The zero-order chi connectivity index (χ0) is 15.9. The molecule has 0 aliphatic carbocycles. The molecule has 0 aliphatic heterocycles. The number of nitrogens with zero attached hydrogens (tertiary/aromatic N) is 1. The van der Waals surface area contributed by atoms with Crippen molar-refractivity contribution >= 4 is 17.3 Å². The SMILES string of the molecule is CCOC(=O)c1ccc(NCc2ccc([N+](=O)[O-])cc2)cc1. The first-order valence-corrected chi connectivity index (χ1v) is 6.84. The molecule has 2 aromatic rings. The van der Waals surface area contributed by atoms with Gasteiger partial charge in [0.25, 0.3) is 5.69 Å². The Morgan fingerprint density at radius 3 is 2.32 bits per heavy atom. The minimum Gasteiger partial charge on any atom is -0.462 e. The fourth-order valence-electron chi connectivity index (χ4n) is 1.88. The second kappa shape index (κ2) is 7.21. The number of hydrogen-bond donors (Lipinski definition) is 1. The summed E-state index contributed by atoms with van der Waals surface area (Å²) < 4.78 is 4.91. The lowest BCUT2D eigenvalue weighted by molar-refractivity contribution is -0.384. The topological polar surface area (TPSA) is 81.5 Å². The van der Waals surface area contributed by atoms with E-state index in [4.69, 9.17) is 4.74 Å². The number of rotatable bonds is 6. The van der Waals surface area contributed by atoms with Crippen LogP contribution in [-0.4, -0.2) is 17.5 Å². The lowest BCUT2D eigenvalue weighted by Gasteiger charge is -2.07. The zero-order valence-corrected chi connectivity index (χ0v) is 12.1. The minimum absolute atomic E-state index is 0.0718. The summed E-state index contributed by atoms with van der Waals surface area (Å²) in [6.07, 6.45) is 0. The molecule has 0 spiro atoms. The first-order chi connectivity index (χ1) is 10.6. The molecular formula is C16H16N2O4. The van der Waals surface area contributed by atoms with Crippen LogP contribution in [0.1, 0.15) is 22.8 Å². The molecule has 0 bridgehead atoms. The van der Waals surface area contributed by atoms with E-state index in [1.165, 1.54) is 12.1 Å². The molecule has 2 aromatic carbocycles. The van der Waals surface area contributed by atoms with Crippen molar-refractivity contribution in [3.8, 4) is 0 Å². The van der Waals surface area contributed by atoms with Gasteiger partial charge >= 0.3 is 5.97 Å². The predicted molar refractivity (Wildman–Crippen MR) is 82.8 cm³/mol. The van der Waals surface area contributed by atoms with E-state index in [9.17, 15) is 14.9 Å². The lowest BCUT2D eigenvalue weighted by atomic mass is 10.2. The van der Waals surface area contributed by atoms with Crippen molar-refractivity contribution in [2.75, 3.05) is 11.9 Å². The Labute approximate surface area is 127 Å². The van der Waals surface area contributed by atoms with Gasteiger partial charge in [0.1, 0.15) is 0 Å². The molecule has 2 rings (SSSR count). The van der Waals surface area contributed by atoms with E-state index >= 15 is 0 Å². The normalized spacial score (nSPS) is 10.0. The molecule has 6 heteroatoms. The Morgan fingerprint density at radius 1 is 1.14 bits per heavy atom.